The molecule has 0 bridgehead atoms. The zero-order chi connectivity index (χ0) is 16.2. The largest absolute Gasteiger partial charge is 0.304 e. The van der Waals surface area contributed by atoms with E-state index in [1.807, 2.05) is 48.5 Å². The van der Waals surface area contributed by atoms with Gasteiger partial charge in [0.2, 0.25) is 0 Å². The Bertz CT molecular complexity index is 693. The SMILES string of the molecule is CN1CCN(CC(=O)c2cccc(-c3cccc(Cl)c3)c2)CC1. The van der Waals surface area contributed by atoms with Crippen LogP contribution in [0.2, 0.25) is 5.02 Å². The third-order valence-corrected chi connectivity index (χ3v) is 4.54. The molecule has 1 saturated heterocycles. The second-order valence-electron chi connectivity index (χ2n) is 6.09. The van der Waals surface area contributed by atoms with Gasteiger partial charge >= 0.3 is 0 Å². The van der Waals surface area contributed by atoms with Crippen molar-refractivity contribution in [3.05, 3.63) is 59.1 Å². The fourth-order valence-corrected chi connectivity index (χ4v) is 3.03. The van der Waals surface area contributed by atoms with Gasteiger partial charge in [-0.05, 0) is 36.4 Å². The van der Waals surface area contributed by atoms with Crippen molar-refractivity contribution in [2.75, 3.05) is 39.8 Å². The summed E-state index contributed by atoms with van der Waals surface area (Å²) in [5.41, 5.74) is 2.82. The van der Waals surface area contributed by atoms with Crippen LogP contribution in [0, 0.1) is 0 Å². The lowest BCUT2D eigenvalue weighted by molar-refractivity contribution is 0.0876. The lowest BCUT2D eigenvalue weighted by Gasteiger charge is -2.31. The highest BCUT2D eigenvalue weighted by Gasteiger charge is 2.17. The summed E-state index contributed by atoms with van der Waals surface area (Å²) >= 11 is 6.06. The number of ketones is 1. The molecule has 3 nitrogen and oxygen atoms in total. The molecular weight excluding hydrogens is 308 g/mol. The fourth-order valence-electron chi connectivity index (χ4n) is 2.84. The minimum atomic E-state index is 0.179. The van der Waals surface area contributed by atoms with Crippen molar-refractivity contribution >= 4 is 17.4 Å². The van der Waals surface area contributed by atoms with E-state index in [9.17, 15) is 4.79 Å². The van der Waals surface area contributed by atoms with Gasteiger partial charge in [0.25, 0.3) is 0 Å². The molecule has 1 aliphatic rings. The van der Waals surface area contributed by atoms with Gasteiger partial charge in [-0.15, -0.1) is 0 Å². The second kappa shape index (κ2) is 7.26. The highest BCUT2D eigenvalue weighted by atomic mass is 35.5. The van der Waals surface area contributed by atoms with Gasteiger partial charge in [0, 0.05) is 36.8 Å². The third kappa shape index (κ3) is 4.20. The Kier molecular flexibility index (Phi) is 5.11. The molecule has 0 atom stereocenters. The summed E-state index contributed by atoms with van der Waals surface area (Å²) in [5.74, 6) is 0.179. The maximum Gasteiger partial charge on any atom is 0.176 e. The molecule has 0 radical (unpaired) electrons. The minimum Gasteiger partial charge on any atom is -0.304 e. The van der Waals surface area contributed by atoms with Crippen molar-refractivity contribution < 1.29 is 4.79 Å². The first-order valence-electron chi connectivity index (χ1n) is 7.92. The molecule has 0 aliphatic carbocycles. The highest BCUT2D eigenvalue weighted by Crippen LogP contribution is 2.23. The quantitative estimate of drug-likeness (QED) is 0.803. The summed E-state index contributed by atoms with van der Waals surface area (Å²) in [6, 6.07) is 15.5. The van der Waals surface area contributed by atoms with Crippen LogP contribution < -0.4 is 0 Å². The van der Waals surface area contributed by atoms with Gasteiger partial charge in [-0.3, -0.25) is 9.69 Å². The van der Waals surface area contributed by atoms with Gasteiger partial charge in [0.05, 0.1) is 6.54 Å². The third-order valence-electron chi connectivity index (χ3n) is 4.31. The molecule has 120 valence electrons. The molecule has 2 aromatic rings. The van der Waals surface area contributed by atoms with E-state index in [0.717, 1.165) is 42.9 Å². The van der Waals surface area contributed by atoms with Crippen LogP contribution in [-0.4, -0.2) is 55.4 Å². The van der Waals surface area contributed by atoms with Crippen molar-refractivity contribution in [3.63, 3.8) is 0 Å². The van der Waals surface area contributed by atoms with Crippen molar-refractivity contribution in [3.8, 4) is 11.1 Å². The number of halogens is 1. The van der Waals surface area contributed by atoms with E-state index in [4.69, 9.17) is 11.6 Å². The normalized spacial score (nSPS) is 16.4. The van der Waals surface area contributed by atoms with E-state index in [2.05, 4.69) is 16.8 Å². The van der Waals surface area contributed by atoms with E-state index in [-0.39, 0.29) is 5.78 Å². The average molecular weight is 329 g/mol. The molecule has 0 spiro atoms. The number of hydrogen-bond acceptors (Lipinski definition) is 3. The van der Waals surface area contributed by atoms with Crippen LogP contribution in [0.15, 0.2) is 48.5 Å². The lowest BCUT2D eigenvalue weighted by Crippen LogP contribution is -2.46. The number of carbonyl (C=O) groups excluding carboxylic acids is 1. The molecule has 1 fully saturated rings. The molecule has 2 aromatic carbocycles. The summed E-state index contributed by atoms with van der Waals surface area (Å²) in [4.78, 5) is 17.1. The number of carbonyl (C=O) groups is 1. The Balaban J connectivity index is 1.73. The molecule has 0 saturated carbocycles. The van der Waals surface area contributed by atoms with Crippen molar-refractivity contribution in [2.45, 2.75) is 0 Å². The van der Waals surface area contributed by atoms with Crippen LogP contribution in [-0.2, 0) is 0 Å². The number of Topliss-reactive ketones (excluding diaryl/α,β-unsaturated/α-hetero) is 1. The van der Waals surface area contributed by atoms with Gasteiger partial charge in [-0.1, -0.05) is 41.9 Å². The standard InChI is InChI=1S/C19H21ClN2O/c1-21-8-10-22(11-9-21)14-19(23)17-6-2-4-15(12-17)16-5-3-7-18(20)13-16/h2-7,12-13H,8-11,14H2,1H3. The minimum absolute atomic E-state index is 0.179. The van der Waals surface area contributed by atoms with Crippen molar-refractivity contribution in [1.29, 1.82) is 0 Å². The van der Waals surface area contributed by atoms with Gasteiger partial charge in [-0.25, -0.2) is 0 Å². The molecule has 0 amide bonds. The summed E-state index contributed by atoms with van der Waals surface area (Å²) in [5, 5.41) is 0.705. The summed E-state index contributed by atoms with van der Waals surface area (Å²) in [6.45, 7) is 4.45. The molecule has 3 rings (SSSR count). The molecule has 4 heteroatoms. The molecular formula is C19H21ClN2O. The number of hydrogen-bond donors (Lipinski definition) is 0. The van der Waals surface area contributed by atoms with Crippen LogP contribution in [0.1, 0.15) is 10.4 Å². The van der Waals surface area contributed by atoms with Crippen molar-refractivity contribution in [2.24, 2.45) is 0 Å². The number of nitrogens with zero attached hydrogens (tertiary/aromatic N) is 2. The van der Waals surface area contributed by atoms with E-state index >= 15 is 0 Å². The van der Waals surface area contributed by atoms with Crippen LogP contribution in [0.5, 0.6) is 0 Å². The number of rotatable bonds is 4. The molecule has 1 aliphatic heterocycles. The Hall–Kier alpha value is -1.68. The monoisotopic (exact) mass is 328 g/mol. The zero-order valence-corrected chi connectivity index (χ0v) is 14.1. The fraction of sp³-hybridized carbons (Fsp3) is 0.316. The topological polar surface area (TPSA) is 23.6 Å². The smallest absolute Gasteiger partial charge is 0.176 e. The number of likely N-dealkylation sites (N-methyl/N-ethyl adjacent to an activating group) is 1. The van der Waals surface area contributed by atoms with E-state index < -0.39 is 0 Å². The Morgan fingerprint density at radius 3 is 2.35 bits per heavy atom. The van der Waals surface area contributed by atoms with E-state index in [1.54, 1.807) is 0 Å². The molecule has 1 heterocycles. The Morgan fingerprint density at radius 1 is 1.00 bits per heavy atom. The predicted octanol–water partition coefficient (Wildman–Crippen LogP) is 3.44. The highest BCUT2D eigenvalue weighted by molar-refractivity contribution is 6.30. The van der Waals surface area contributed by atoms with Crippen LogP contribution in [0.4, 0.5) is 0 Å². The molecule has 23 heavy (non-hydrogen) atoms. The van der Waals surface area contributed by atoms with Crippen LogP contribution in [0.3, 0.4) is 0 Å². The van der Waals surface area contributed by atoms with Crippen LogP contribution in [0.25, 0.3) is 11.1 Å². The zero-order valence-electron chi connectivity index (χ0n) is 13.3. The average Bonchev–Trinajstić information content (AvgIpc) is 2.57. The molecule has 0 aromatic heterocycles. The summed E-state index contributed by atoms with van der Waals surface area (Å²) < 4.78 is 0. The Labute approximate surface area is 142 Å². The first-order valence-corrected chi connectivity index (χ1v) is 8.30. The van der Waals surface area contributed by atoms with E-state index in [1.165, 1.54) is 0 Å². The number of benzene rings is 2. The van der Waals surface area contributed by atoms with Gasteiger partial charge in [-0.2, -0.15) is 0 Å². The lowest BCUT2D eigenvalue weighted by atomic mass is 10.0. The Morgan fingerprint density at radius 2 is 1.65 bits per heavy atom. The van der Waals surface area contributed by atoms with Gasteiger partial charge in [0.1, 0.15) is 0 Å². The summed E-state index contributed by atoms with van der Waals surface area (Å²) in [6.07, 6.45) is 0. The maximum absolute atomic E-state index is 12.6. The first-order chi connectivity index (χ1) is 11.1. The second-order valence-corrected chi connectivity index (χ2v) is 6.53. The predicted molar refractivity (Wildman–Crippen MR) is 95.2 cm³/mol. The van der Waals surface area contributed by atoms with E-state index in [0.29, 0.717) is 11.6 Å². The van der Waals surface area contributed by atoms with Crippen molar-refractivity contribution in [1.82, 2.24) is 9.80 Å². The van der Waals surface area contributed by atoms with Gasteiger partial charge < -0.3 is 4.90 Å². The maximum atomic E-state index is 12.6. The van der Waals surface area contributed by atoms with Gasteiger partial charge in [0.15, 0.2) is 5.78 Å². The number of piperazine rings is 1. The molecule has 0 unspecified atom stereocenters. The molecule has 0 N–H and O–H groups in total. The summed E-state index contributed by atoms with van der Waals surface area (Å²) in [7, 11) is 2.12. The first kappa shape index (κ1) is 16.2. The van der Waals surface area contributed by atoms with Crippen LogP contribution >= 0.6 is 11.6 Å².